The second-order valence-electron chi connectivity index (χ2n) is 5.77. The van der Waals surface area contributed by atoms with Crippen LogP contribution in [0.1, 0.15) is 24.3 Å². The summed E-state index contributed by atoms with van der Waals surface area (Å²) in [5.74, 6) is 0.848. The number of ether oxygens (including phenoxy) is 3. The van der Waals surface area contributed by atoms with Crippen LogP contribution in [0.25, 0.3) is 0 Å². The molecule has 0 bridgehead atoms. The van der Waals surface area contributed by atoms with Crippen LogP contribution >= 0.6 is 15.9 Å². The lowest BCUT2D eigenvalue weighted by atomic mass is 10.1. The van der Waals surface area contributed by atoms with E-state index in [1.165, 1.54) is 50.4 Å². The van der Waals surface area contributed by atoms with Crippen LogP contribution in [0, 0.1) is 10.1 Å². The molecule has 0 aliphatic carbocycles. The molecule has 28 heavy (non-hydrogen) atoms. The SMILES string of the molecule is COc1cc(OC)c([C@H]2OC(c3ccc([N+](=O)[O-])cc3)=NN2C(C)=O)cc1Br. The number of nitrogens with zero attached hydrogens (tertiary/aromatic N) is 3. The number of hydrazone groups is 1. The zero-order valence-corrected chi connectivity index (χ0v) is 16.8. The highest BCUT2D eigenvalue weighted by atomic mass is 79.9. The summed E-state index contributed by atoms with van der Waals surface area (Å²) in [6, 6.07) is 9.11. The summed E-state index contributed by atoms with van der Waals surface area (Å²) in [5.41, 5.74) is 1.01. The minimum atomic E-state index is -0.861. The zero-order chi connectivity index (χ0) is 20.4. The second kappa shape index (κ2) is 7.85. The molecule has 1 aliphatic heterocycles. The van der Waals surface area contributed by atoms with Crippen molar-refractivity contribution in [3.63, 3.8) is 0 Å². The maximum absolute atomic E-state index is 12.1. The van der Waals surface area contributed by atoms with Crippen LogP contribution in [0.5, 0.6) is 11.5 Å². The van der Waals surface area contributed by atoms with Crippen LogP contribution in [0.3, 0.4) is 0 Å². The molecular formula is C18H16BrN3O6. The number of benzene rings is 2. The first-order chi connectivity index (χ1) is 13.3. The van der Waals surface area contributed by atoms with Gasteiger partial charge in [0.25, 0.3) is 5.69 Å². The van der Waals surface area contributed by atoms with Gasteiger partial charge >= 0.3 is 0 Å². The first-order valence-electron chi connectivity index (χ1n) is 8.07. The third kappa shape index (κ3) is 3.63. The summed E-state index contributed by atoms with van der Waals surface area (Å²) in [6.45, 7) is 1.36. The fourth-order valence-corrected chi connectivity index (χ4v) is 3.21. The van der Waals surface area contributed by atoms with E-state index in [4.69, 9.17) is 14.2 Å². The van der Waals surface area contributed by atoms with E-state index in [0.717, 1.165) is 0 Å². The summed E-state index contributed by atoms with van der Waals surface area (Å²) in [6.07, 6.45) is -0.861. The Balaban J connectivity index is 1.99. The van der Waals surface area contributed by atoms with Gasteiger partial charge in [-0.05, 0) is 34.1 Å². The molecule has 1 atom stereocenters. The third-order valence-corrected chi connectivity index (χ3v) is 4.68. The summed E-state index contributed by atoms with van der Waals surface area (Å²) in [7, 11) is 3.03. The van der Waals surface area contributed by atoms with Gasteiger partial charge < -0.3 is 14.2 Å². The quantitative estimate of drug-likeness (QED) is 0.509. The van der Waals surface area contributed by atoms with Crippen molar-refractivity contribution in [1.29, 1.82) is 0 Å². The largest absolute Gasteiger partial charge is 0.496 e. The van der Waals surface area contributed by atoms with Crippen molar-refractivity contribution in [1.82, 2.24) is 5.01 Å². The summed E-state index contributed by atoms with van der Waals surface area (Å²) >= 11 is 3.42. The number of carbonyl (C=O) groups excluding carboxylic acids is 1. The summed E-state index contributed by atoms with van der Waals surface area (Å²) < 4.78 is 17.3. The number of nitro benzene ring substituents is 1. The first kappa shape index (κ1) is 19.6. The number of non-ortho nitro benzene ring substituents is 1. The summed E-state index contributed by atoms with van der Waals surface area (Å²) in [4.78, 5) is 22.5. The number of rotatable bonds is 5. The van der Waals surface area contributed by atoms with E-state index >= 15 is 0 Å². The normalized spacial score (nSPS) is 15.6. The number of hydrogen-bond donors (Lipinski definition) is 0. The Bertz CT molecular complexity index is 961. The topological polar surface area (TPSA) is 104 Å². The van der Waals surface area contributed by atoms with Crippen molar-refractivity contribution in [2.45, 2.75) is 13.2 Å². The minimum absolute atomic E-state index is 0.0527. The molecule has 0 aromatic heterocycles. The number of amides is 1. The molecule has 2 aromatic rings. The lowest BCUT2D eigenvalue weighted by Gasteiger charge is -2.22. The zero-order valence-electron chi connectivity index (χ0n) is 15.2. The number of carbonyl (C=O) groups is 1. The lowest BCUT2D eigenvalue weighted by molar-refractivity contribution is -0.384. The second-order valence-corrected chi connectivity index (χ2v) is 6.63. The molecule has 146 valence electrons. The van der Waals surface area contributed by atoms with Crippen LogP contribution in [0.4, 0.5) is 5.69 Å². The molecular weight excluding hydrogens is 434 g/mol. The lowest BCUT2D eigenvalue weighted by Crippen LogP contribution is -2.25. The Labute approximate surface area is 168 Å². The van der Waals surface area contributed by atoms with E-state index in [1.807, 2.05) is 0 Å². The molecule has 0 unspecified atom stereocenters. The highest BCUT2D eigenvalue weighted by molar-refractivity contribution is 9.10. The fraction of sp³-hybridized carbons (Fsp3) is 0.222. The van der Waals surface area contributed by atoms with E-state index in [-0.39, 0.29) is 17.5 Å². The van der Waals surface area contributed by atoms with Gasteiger partial charge in [0.15, 0.2) is 0 Å². The summed E-state index contributed by atoms with van der Waals surface area (Å²) in [5, 5.41) is 16.3. The van der Waals surface area contributed by atoms with Gasteiger partial charge in [-0.3, -0.25) is 14.9 Å². The van der Waals surface area contributed by atoms with Crippen molar-refractivity contribution >= 4 is 33.4 Å². The third-order valence-electron chi connectivity index (χ3n) is 4.06. The van der Waals surface area contributed by atoms with Crippen molar-refractivity contribution in [2.24, 2.45) is 5.10 Å². The van der Waals surface area contributed by atoms with Crippen molar-refractivity contribution in [2.75, 3.05) is 14.2 Å². The van der Waals surface area contributed by atoms with Gasteiger partial charge in [0.2, 0.25) is 18.0 Å². The Kier molecular flexibility index (Phi) is 5.50. The van der Waals surface area contributed by atoms with Crippen LogP contribution in [-0.4, -0.2) is 36.0 Å². The average Bonchev–Trinajstić information content (AvgIpc) is 3.13. The van der Waals surface area contributed by atoms with Crippen LogP contribution in [-0.2, 0) is 9.53 Å². The van der Waals surface area contributed by atoms with Gasteiger partial charge in [0, 0.05) is 30.7 Å². The molecule has 0 spiro atoms. The van der Waals surface area contributed by atoms with Crippen LogP contribution in [0.2, 0.25) is 0 Å². The molecule has 0 saturated carbocycles. The molecule has 1 aliphatic rings. The molecule has 0 N–H and O–H groups in total. The highest BCUT2D eigenvalue weighted by Crippen LogP contribution is 2.40. The molecule has 2 aromatic carbocycles. The van der Waals surface area contributed by atoms with Gasteiger partial charge in [0.05, 0.1) is 29.2 Å². The highest BCUT2D eigenvalue weighted by Gasteiger charge is 2.35. The number of hydrogen-bond acceptors (Lipinski definition) is 7. The molecule has 0 fully saturated rings. The molecule has 3 rings (SSSR count). The number of nitro groups is 1. The molecule has 10 heteroatoms. The predicted octanol–water partition coefficient (Wildman–Crippen LogP) is 3.61. The van der Waals surface area contributed by atoms with E-state index in [9.17, 15) is 14.9 Å². The standard InChI is InChI=1S/C18H16BrN3O6/c1-10(23)21-18(13-8-14(19)16(27-3)9-15(13)26-2)28-17(20-21)11-4-6-12(7-5-11)22(24)25/h4-9,18H,1-3H3/t18-/m1/s1. The van der Waals surface area contributed by atoms with Gasteiger partial charge in [-0.15, -0.1) is 5.10 Å². The van der Waals surface area contributed by atoms with Crippen molar-refractivity contribution < 1.29 is 23.9 Å². The molecule has 9 nitrogen and oxygen atoms in total. The monoisotopic (exact) mass is 449 g/mol. The van der Waals surface area contributed by atoms with Gasteiger partial charge in [-0.2, -0.15) is 5.01 Å². The maximum Gasteiger partial charge on any atom is 0.269 e. The Hall–Kier alpha value is -3.14. The van der Waals surface area contributed by atoms with Crippen molar-refractivity contribution in [3.8, 4) is 11.5 Å². The Morgan fingerprint density at radius 2 is 1.86 bits per heavy atom. The van der Waals surface area contributed by atoms with E-state index in [2.05, 4.69) is 21.0 Å². The Morgan fingerprint density at radius 3 is 2.39 bits per heavy atom. The van der Waals surface area contributed by atoms with Crippen LogP contribution in [0.15, 0.2) is 46.0 Å². The Morgan fingerprint density at radius 1 is 1.21 bits per heavy atom. The fourth-order valence-electron chi connectivity index (χ4n) is 2.69. The molecule has 1 amide bonds. The van der Waals surface area contributed by atoms with Crippen LogP contribution < -0.4 is 9.47 Å². The van der Waals surface area contributed by atoms with Gasteiger partial charge in [-0.25, -0.2) is 0 Å². The number of methoxy groups -OCH3 is 2. The van der Waals surface area contributed by atoms with E-state index < -0.39 is 11.2 Å². The predicted molar refractivity (Wildman–Crippen MR) is 103 cm³/mol. The van der Waals surface area contributed by atoms with E-state index in [0.29, 0.717) is 27.1 Å². The molecule has 1 heterocycles. The van der Waals surface area contributed by atoms with E-state index in [1.54, 1.807) is 12.1 Å². The smallest absolute Gasteiger partial charge is 0.269 e. The number of halogens is 1. The molecule has 0 saturated heterocycles. The van der Waals surface area contributed by atoms with Gasteiger partial charge in [0.1, 0.15) is 11.5 Å². The first-order valence-corrected chi connectivity index (χ1v) is 8.86. The van der Waals surface area contributed by atoms with Gasteiger partial charge in [-0.1, -0.05) is 0 Å². The maximum atomic E-state index is 12.1. The van der Waals surface area contributed by atoms with Crippen molar-refractivity contribution in [3.05, 3.63) is 62.1 Å². The average molecular weight is 450 g/mol. The molecule has 0 radical (unpaired) electrons. The minimum Gasteiger partial charge on any atom is -0.496 e.